The zero-order valence-corrected chi connectivity index (χ0v) is 12.1. The molecule has 1 heterocycles. The second-order valence-electron chi connectivity index (χ2n) is 6.66. The van der Waals surface area contributed by atoms with E-state index >= 15 is 0 Å². The number of hydrogen-bond acceptors (Lipinski definition) is 3. The van der Waals surface area contributed by atoms with Crippen molar-refractivity contribution in [2.24, 2.45) is 11.3 Å². The van der Waals surface area contributed by atoms with Crippen molar-refractivity contribution in [3.05, 3.63) is 23.3 Å². The van der Waals surface area contributed by atoms with E-state index in [-0.39, 0.29) is 5.41 Å². The fourth-order valence-electron chi connectivity index (χ4n) is 2.65. The van der Waals surface area contributed by atoms with Crippen LogP contribution in [0.1, 0.15) is 44.3 Å². The molecular formula is C15H25N3. The molecule has 0 amide bonds. The van der Waals surface area contributed by atoms with Crippen molar-refractivity contribution in [1.82, 2.24) is 15.3 Å². The summed E-state index contributed by atoms with van der Waals surface area (Å²) in [5.41, 5.74) is 2.91. The highest BCUT2D eigenvalue weighted by molar-refractivity contribution is 5.21. The van der Waals surface area contributed by atoms with Gasteiger partial charge in [0.05, 0.1) is 0 Å². The van der Waals surface area contributed by atoms with Crippen molar-refractivity contribution >= 4 is 0 Å². The van der Waals surface area contributed by atoms with E-state index in [0.29, 0.717) is 0 Å². The third-order valence-electron chi connectivity index (χ3n) is 3.48. The molecule has 1 atom stereocenters. The Morgan fingerprint density at radius 1 is 1.39 bits per heavy atom. The quantitative estimate of drug-likeness (QED) is 0.891. The largest absolute Gasteiger partial charge is 0.319 e. The summed E-state index contributed by atoms with van der Waals surface area (Å²) in [5.74, 6) is 1.76. The van der Waals surface area contributed by atoms with Crippen molar-refractivity contribution in [3.8, 4) is 0 Å². The van der Waals surface area contributed by atoms with Gasteiger partial charge in [0.15, 0.2) is 0 Å². The van der Waals surface area contributed by atoms with Crippen LogP contribution in [0.2, 0.25) is 0 Å². The summed E-state index contributed by atoms with van der Waals surface area (Å²) < 4.78 is 0. The number of nitrogens with zero attached hydrogens (tertiary/aromatic N) is 2. The van der Waals surface area contributed by atoms with Crippen LogP contribution in [0.5, 0.6) is 0 Å². The molecule has 3 nitrogen and oxygen atoms in total. The lowest BCUT2D eigenvalue weighted by Crippen LogP contribution is -2.26. The number of nitrogens with one attached hydrogen (secondary N) is 1. The first-order chi connectivity index (χ1) is 8.48. The smallest absolute Gasteiger partial charge is 0.129 e. The van der Waals surface area contributed by atoms with Crippen LogP contribution in [0.15, 0.2) is 6.20 Å². The Morgan fingerprint density at radius 3 is 2.83 bits per heavy atom. The van der Waals surface area contributed by atoms with Crippen molar-refractivity contribution in [3.63, 3.8) is 0 Å². The molecule has 0 spiro atoms. The Labute approximate surface area is 110 Å². The molecule has 1 aromatic heterocycles. The molecule has 0 aromatic carbocycles. The number of aromatic nitrogens is 2. The van der Waals surface area contributed by atoms with Gasteiger partial charge in [0, 0.05) is 18.3 Å². The van der Waals surface area contributed by atoms with Crippen molar-refractivity contribution < 1.29 is 0 Å². The molecule has 1 aliphatic rings. The molecule has 0 saturated carbocycles. The van der Waals surface area contributed by atoms with Crippen LogP contribution >= 0.6 is 0 Å². The highest BCUT2D eigenvalue weighted by Crippen LogP contribution is 2.25. The van der Waals surface area contributed by atoms with E-state index in [4.69, 9.17) is 4.98 Å². The van der Waals surface area contributed by atoms with Crippen LogP contribution in [0.4, 0.5) is 0 Å². The summed E-state index contributed by atoms with van der Waals surface area (Å²) >= 11 is 0. The minimum absolute atomic E-state index is 0.261. The lowest BCUT2D eigenvalue weighted by Gasteiger charge is -2.24. The monoisotopic (exact) mass is 247 g/mol. The molecule has 1 aromatic rings. The second kappa shape index (κ2) is 5.35. The minimum Gasteiger partial charge on any atom is -0.319 e. The zero-order valence-electron chi connectivity index (χ0n) is 12.1. The van der Waals surface area contributed by atoms with Gasteiger partial charge < -0.3 is 5.32 Å². The molecule has 0 radical (unpaired) electrons. The molecule has 100 valence electrons. The van der Waals surface area contributed by atoms with Gasteiger partial charge in [-0.2, -0.15) is 0 Å². The van der Waals surface area contributed by atoms with Gasteiger partial charge in [-0.25, -0.2) is 9.97 Å². The maximum atomic E-state index is 4.76. The predicted octanol–water partition coefficient (Wildman–Crippen LogP) is 2.39. The standard InChI is InChI=1S/C15H25N3/c1-15(2,3)8-14-17-10-12-7-11(9-16-4)5-6-13(12)18-14/h10-11,16H,5-9H2,1-4H3. The molecule has 1 unspecified atom stereocenters. The van der Waals surface area contributed by atoms with Gasteiger partial charge in [0.25, 0.3) is 0 Å². The summed E-state index contributed by atoms with van der Waals surface area (Å²) in [7, 11) is 2.03. The van der Waals surface area contributed by atoms with E-state index in [2.05, 4.69) is 37.3 Å². The van der Waals surface area contributed by atoms with Gasteiger partial charge in [-0.15, -0.1) is 0 Å². The molecule has 0 fully saturated rings. The summed E-state index contributed by atoms with van der Waals surface area (Å²) in [6, 6.07) is 0. The van der Waals surface area contributed by atoms with Gasteiger partial charge in [-0.1, -0.05) is 20.8 Å². The molecule has 1 N–H and O–H groups in total. The van der Waals surface area contributed by atoms with Gasteiger partial charge in [0.2, 0.25) is 0 Å². The Morgan fingerprint density at radius 2 is 2.17 bits per heavy atom. The fraction of sp³-hybridized carbons (Fsp3) is 0.733. The summed E-state index contributed by atoms with van der Waals surface area (Å²) in [4.78, 5) is 9.30. The molecule has 0 saturated heterocycles. The SMILES string of the molecule is CNCC1CCc2nc(CC(C)(C)C)ncc2C1. The number of aryl methyl sites for hydroxylation is 1. The Balaban J connectivity index is 2.10. The first-order valence-electron chi connectivity index (χ1n) is 6.96. The third-order valence-corrected chi connectivity index (χ3v) is 3.48. The van der Waals surface area contributed by atoms with Crippen molar-refractivity contribution in [2.45, 2.75) is 46.5 Å². The van der Waals surface area contributed by atoms with E-state index in [1.807, 2.05) is 7.05 Å². The summed E-state index contributed by atoms with van der Waals surface area (Å²) in [6.45, 7) is 7.81. The molecule has 0 bridgehead atoms. The van der Waals surface area contributed by atoms with E-state index in [1.54, 1.807) is 0 Å². The van der Waals surface area contributed by atoms with Crippen LogP contribution in [0.3, 0.4) is 0 Å². The maximum absolute atomic E-state index is 4.76. The van der Waals surface area contributed by atoms with E-state index in [9.17, 15) is 0 Å². The van der Waals surface area contributed by atoms with Gasteiger partial charge in [0.1, 0.15) is 5.82 Å². The van der Waals surface area contributed by atoms with Gasteiger partial charge >= 0.3 is 0 Å². The van der Waals surface area contributed by atoms with Crippen LogP contribution in [0.25, 0.3) is 0 Å². The Kier molecular flexibility index (Phi) is 4.00. The predicted molar refractivity (Wildman–Crippen MR) is 74.6 cm³/mol. The number of rotatable bonds is 3. The first kappa shape index (κ1) is 13.5. The molecule has 0 aliphatic heterocycles. The molecule has 1 aliphatic carbocycles. The van der Waals surface area contributed by atoms with Crippen LogP contribution in [-0.2, 0) is 19.3 Å². The Bertz CT molecular complexity index is 407. The number of fused-ring (bicyclic) bond motifs is 1. The maximum Gasteiger partial charge on any atom is 0.129 e. The minimum atomic E-state index is 0.261. The molecule has 2 rings (SSSR count). The fourth-order valence-corrected chi connectivity index (χ4v) is 2.65. The van der Waals surface area contributed by atoms with Gasteiger partial charge in [-0.3, -0.25) is 0 Å². The van der Waals surface area contributed by atoms with Crippen LogP contribution < -0.4 is 5.32 Å². The molecule has 18 heavy (non-hydrogen) atoms. The first-order valence-corrected chi connectivity index (χ1v) is 6.96. The van der Waals surface area contributed by atoms with E-state index in [0.717, 1.165) is 37.5 Å². The molecular weight excluding hydrogens is 222 g/mol. The third kappa shape index (κ3) is 3.52. The topological polar surface area (TPSA) is 37.8 Å². The normalized spacial score (nSPS) is 19.7. The van der Waals surface area contributed by atoms with E-state index < -0.39 is 0 Å². The van der Waals surface area contributed by atoms with E-state index in [1.165, 1.54) is 17.7 Å². The van der Waals surface area contributed by atoms with Crippen molar-refractivity contribution in [2.75, 3.05) is 13.6 Å². The number of hydrogen-bond donors (Lipinski definition) is 1. The zero-order chi connectivity index (χ0) is 13.2. The lowest BCUT2D eigenvalue weighted by atomic mass is 9.87. The summed E-state index contributed by atoms with van der Waals surface area (Å²) in [5, 5.41) is 3.27. The lowest BCUT2D eigenvalue weighted by molar-refractivity contribution is 0.395. The average molecular weight is 247 g/mol. The second-order valence-corrected chi connectivity index (χ2v) is 6.66. The summed E-state index contributed by atoms with van der Waals surface area (Å²) in [6.07, 6.45) is 6.51. The van der Waals surface area contributed by atoms with Crippen LogP contribution in [0, 0.1) is 11.3 Å². The highest BCUT2D eigenvalue weighted by Gasteiger charge is 2.21. The molecule has 3 heteroatoms. The average Bonchev–Trinajstić information content (AvgIpc) is 2.27. The van der Waals surface area contributed by atoms with Crippen LogP contribution in [-0.4, -0.2) is 23.6 Å². The van der Waals surface area contributed by atoms with Gasteiger partial charge in [-0.05, 0) is 49.8 Å². The highest BCUT2D eigenvalue weighted by atomic mass is 14.9. The Hall–Kier alpha value is -0.960. The van der Waals surface area contributed by atoms with Crippen molar-refractivity contribution in [1.29, 1.82) is 0 Å².